The van der Waals surface area contributed by atoms with E-state index >= 15 is 0 Å². The third-order valence-electron chi connectivity index (χ3n) is 4.90. The van der Waals surface area contributed by atoms with Gasteiger partial charge in [-0.3, -0.25) is 9.59 Å². The molecule has 0 aliphatic heterocycles. The normalized spacial score (nSPS) is 21.5. The van der Waals surface area contributed by atoms with Crippen molar-refractivity contribution in [1.29, 1.82) is 0 Å². The predicted molar refractivity (Wildman–Crippen MR) is 84.6 cm³/mol. The number of hydrogen-bond donors (Lipinski definition) is 2. The van der Waals surface area contributed by atoms with Gasteiger partial charge in [-0.15, -0.1) is 11.3 Å². The molecule has 3 N–H and O–H groups in total. The van der Waals surface area contributed by atoms with E-state index in [1.54, 1.807) is 11.3 Å². The SMILES string of the molecule is CC[C@H]1CCc2c(sc(NC(=O)C3CCC3)c2C(N)=O)C1. The van der Waals surface area contributed by atoms with E-state index in [0.717, 1.165) is 50.5 Å². The van der Waals surface area contributed by atoms with Gasteiger partial charge in [-0.25, -0.2) is 0 Å². The number of primary amides is 1. The number of anilines is 1. The molecule has 2 aliphatic carbocycles. The number of hydrogen-bond acceptors (Lipinski definition) is 3. The maximum atomic E-state index is 12.1. The van der Waals surface area contributed by atoms with Gasteiger partial charge in [0.1, 0.15) is 5.00 Å². The Morgan fingerprint density at radius 2 is 2.10 bits per heavy atom. The molecular formula is C16H22N2O2S. The summed E-state index contributed by atoms with van der Waals surface area (Å²) in [6.07, 6.45) is 7.23. The highest BCUT2D eigenvalue weighted by Crippen LogP contribution is 2.40. The van der Waals surface area contributed by atoms with E-state index in [9.17, 15) is 9.59 Å². The molecule has 0 saturated heterocycles. The summed E-state index contributed by atoms with van der Waals surface area (Å²) >= 11 is 1.56. The van der Waals surface area contributed by atoms with Gasteiger partial charge in [0.15, 0.2) is 0 Å². The summed E-state index contributed by atoms with van der Waals surface area (Å²) in [6.45, 7) is 2.21. The number of thiophene rings is 1. The van der Waals surface area contributed by atoms with Crippen LogP contribution in [-0.2, 0) is 17.6 Å². The molecule has 1 atom stereocenters. The zero-order valence-electron chi connectivity index (χ0n) is 12.4. The summed E-state index contributed by atoms with van der Waals surface area (Å²) in [7, 11) is 0. The second kappa shape index (κ2) is 5.79. The first-order chi connectivity index (χ1) is 10.1. The average molecular weight is 306 g/mol. The molecule has 1 aromatic heterocycles. The number of carbonyl (C=O) groups is 2. The molecule has 0 radical (unpaired) electrons. The molecule has 114 valence electrons. The Hall–Kier alpha value is -1.36. The molecule has 0 spiro atoms. The van der Waals surface area contributed by atoms with E-state index in [2.05, 4.69) is 12.2 Å². The van der Waals surface area contributed by atoms with Crippen LogP contribution in [-0.4, -0.2) is 11.8 Å². The summed E-state index contributed by atoms with van der Waals surface area (Å²) in [6, 6.07) is 0. The molecule has 21 heavy (non-hydrogen) atoms. The molecule has 5 heteroatoms. The number of carbonyl (C=O) groups excluding carboxylic acids is 2. The summed E-state index contributed by atoms with van der Waals surface area (Å²) < 4.78 is 0. The monoisotopic (exact) mass is 306 g/mol. The summed E-state index contributed by atoms with van der Waals surface area (Å²) in [4.78, 5) is 25.2. The minimum atomic E-state index is -0.411. The van der Waals surface area contributed by atoms with Gasteiger partial charge >= 0.3 is 0 Å². The van der Waals surface area contributed by atoms with Crippen molar-refractivity contribution in [3.8, 4) is 0 Å². The van der Waals surface area contributed by atoms with Crippen LogP contribution in [0.1, 0.15) is 59.8 Å². The van der Waals surface area contributed by atoms with Gasteiger partial charge in [0, 0.05) is 10.8 Å². The Morgan fingerprint density at radius 3 is 2.67 bits per heavy atom. The van der Waals surface area contributed by atoms with Crippen LogP contribution in [0.25, 0.3) is 0 Å². The van der Waals surface area contributed by atoms with Gasteiger partial charge in [0.25, 0.3) is 5.91 Å². The molecule has 1 saturated carbocycles. The van der Waals surface area contributed by atoms with E-state index < -0.39 is 5.91 Å². The van der Waals surface area contributed by atoms with E-state index in [0.29, 0.717) is 16.5 Å². The van der Waals surface area contributed by atoms with Gasteiger partial charge in [0.2, 0.25) is 5.91 Å². The first-order valence-corrected chi connectivity index (χ1v) is 8.67. The van der Waals surface area contributed by atoms with Crippen molar-refractivity contribution < 1.29 is 9.59 Å². The second-order valence-corrected chi connectivity index (χ2v) is 7.31. The van der Waals surface area contributed by atoms with Crippen LogP contribution in [0.5, 0.6) is 0 Å². The van der Waals surface area contributed by atoms with Gasteiger partial charge < -0.3 is 11.1 Å². The highest BCUT2D eigenvalue weighted by molar-refractivity contribution is 7.17. The first-order valence-electron chi connectivity index (χ1n) is 7.85. The van der Waals surface area contributed by atoms with Crippen molar-refractivity contribution >= 4 is 28.2 Å². The summed E-state index contributed by atoms with van der Waals surface area (Å²) in [5.41, 5.74) is 7.22. The zero-order valence-corrected chi connectivity index (χ0v) is 13.2. The summed E-state index contributed by atoms with van der Waals surface area (Å²) in [5.74, 6) is 0.445. The van der Waals surface area contributed by atoms with Gasteiger partial charge in [-0.2, -0.15) is 0 Å². The smallest absolute Gasteiger partial charge is 0.251 e. The number of amides is 2. The molecule has 0 bridgehead atoms. The van der Waals surface area contributed by atoms with Crippen molar-refractivity contribution in [2.45, 2.75) is 51.9 Å². The van der Waals surface area contributed by atoms with Crippen molar-refractivity contribution in [3.05, 3.63) is 16.0 Å². The van der Waals surface area contributed by atoms with Crippen LogP contribution in [0.4, 0.5) is 5.00 Å². The molecular weight excluding hydrogens is 284 g/mol. The zero-order chi connectivity index (χ0) is 15.0. The molecule has 0 unspecified atom stereocenters. The average Bonchev–Trinajstić information content (AvgIpc) is 2.72. The molecule has 1 heterocycles. The molecule has 4 nitrogen and oxygen atoms in total. The first kappa shape index (κ1) is 14.6. The quantitative estimate of drug-likeness (QED) is 0.897. The van der Waals surface area contributed by atoms with Crippen LogP contribution < -0.4 is 11.1 Å². The maximum absolute atomic E-state index is 12.1. The van der Waals surface area contributed by atoms with Crippen LogP contribution in [0.2, 0.25) is 0 Å². The predicted octanol–water partition coefficient (Wildman–Crippen LogP) is 3.10. The second-order valence-electron chi connectivity index (χ2n) is 6.21. The highest BCUT2D eigenvalue weighted by atomic mass is 32.1. The Morgan fingerprint density at radius 1 is 1.33 bits per heavy atom. The molecule has 3 rings (SSSR count). The molecule has 2 aliphatic rings. The van der Waals surface area contributed by atoms with Crippen LogP contribution >= 0.6 is 11.3 Å². The Balaban J connectivity index is 1.87. The number of fused-ring (bicyclic) bond motifs is 1. The number of rotatable bonds is 4. The van der Waals surface area contributed by atoms with Gasteiger partial charge in [0.05, 0.1) is 5.56 Å². The lowest BCUT2D eigenvalue weighted by Gasteiger charge is -2.23. The van der Waals surface area contributed by atoms with Crippen LogP contribution in [0, 0.1) is 11.8 Å². The minimum absolute atomic E-state index is 0.0504. The van der Waals surface area contributed by atoms with Crippen molar-refractivity contribution in [3.63, 3.8) is 0 Å². The largest absolute Gasteiger partial charge is 0.365 e. The fourth-order valence-corrected chi connectivity index (χ4v) is 4.61. The summed E-state index contributed by atoms with van der Waals surface area (Å²) in [5, 5.41) is 3.64. The standard InChI is InChI=1S/C16H22N2O2S/c1-2-9-6-7-11-12(8-9)21-16(13(11)14(17)19)18-15(20)10-4-3-5-10/h9-10H,2-8H2,1H3,(H2,17,19)(H,18,20)/t9-/m0/s1. The van der Waals surface area contributed by atoms with Gasteiger partial charge in [-0.05, 0) is 43.6 Å². The highest BCUT2D eigenvalue weighted by Gasteiger charge is 2.30. The number of nitrogens with two attached hydrogens (primary N) is 1. The van der Waals surface area contributed by atoms with Crippen LogP contribution in [0.3, 0.4) is 0 Å². The maximum Gasteiger partial charge on any atom is 0.251 e. The van der Waals surface area contributed by atoms with E-state index in [1.807, 2.05) is 0 Å². The Labute approximate surface area is 129 Å². The topological polar surface area (TPSA) is 72.2 Å². The van der Waals surface area contributed by atoms with Gasteiger partial charge in [-0.1, -0.05) is 19.8 Å². The van der Waals surface area contributed by atoms with E-state index in [4.69, 9.17) is 5.73 Å². The van der Waals surface area contributed by atoms with Crippen LogP contribution in [0.15, 0.2) is 0 Å². The lowest BCUT2D eigenvalue weighted by atomic mass is 9.84. The number of nitrogens with one attached hydrogen (secondary N) is 1. The van der Waals surface area contributed by atoms with E-state index in [-0.39, 0.29) is 11.8 Å². The minimum Gasteiger partial charge on any atom is -0.365 e. The molecule has 1 fully saturated rings. The lowest BCUT2D eigenvalue weighted by molar-refractivity contribution is -0.122. The Kier molecular flexibility index (Phi) is 4.02. The third-order valence-corrected chi connectivity index (χ3v) is 6.07. The molecule has 0 aromatic carbocycles. The van der Waals surface area contributed by atoms with E-state index in [1.165, 1.54) is 4.88 Å². The third kappa shape index (κ3) is 2.71. The van der Waals surface area contributed by atoms with Crippen molar-refractivity contribution in [2.24, 2.45) is 17.6 Å². The molecule has 2 amide bonds. The van der Waals surface area contributed by atoms with Crippen molar-refractivity contribution in [1.82, 2.24) is 0 Å². The Bertz CT molecular complexity index is 575. The fraction of sp³-hybridized carbons (Fsp3) is 0.625. The fourth-order valence-electron chi connectivity index (χ4n) is 3.24. The van der Waals surface area contributed by atoms with Crippen molar-refractivity contribution in [2.75, 3.05) is 5.32 Å². The molecule has 1 aromatic rings. The lowest BCUT2D eigenvalue weighted by Crippen LogP contribution is -2.28.